The molecule has 0 radical (unpaired) electrons. The number of H-pyrrole nitrogens is 3. The summed E-state index contributed by atoms with van der Waals surface area (Å²) >= 11 is 0. The molecule has 38 heteroatoms. The van der Waals surface area contributed by atoms with Crippen molar-refractivity contribution in [3.63, 3.8) is 0 Å². The van der Waals surface area contributed by atoms with Crippen LogP contribution in [0.2, 0.25) is 0 Å². The molecule has 654 valence electrons. The number of para-hydroxylation sites is 3. The molecule has 8 aromatic rings. The van der Waals surface area contributed by atoms with Gasteiger partial charge in [0.1, 0.15) is 60.4 Å². The summed E-state index contributed by atoms with van der Waals surface area (Å²) in [4.78, 5) is 177. The van der Waals surface area contributed by atoms with Crippen molar-refractivity contribution in [2.75, 3.05) is 39.3 Å². The van der Waals surface area contributed by atoms with Crippen LogP contribution in [0.4, 0.5) is 0 Å². The van der Waals surface area contributed by atoms with E-state index in [-0.39, 0.29) is 153 Å². The number of carbonyl (C=O) groups is 11. The molecule has 11 amide bonds. The van der Waals surface area contributed by atoms with Crippen molar-refractivity contribution < 1.29 is 52.7 Å². The lowest BCUT2D eigenvalue weighted by atomic mass is 9.99. The zero-order valence-corrected chi connectivity index (χ0v) is 68.4. The van der Waals surface area contributed by atoms with Gasteiger partial charge in [-0.3, -0.25) is 74.4 Å². The van der Waals surface area contributed by atoms with Gasteiger partial charge in [-0.05, 0) is 123 Å². The van der Waals surface area contributed by atoms with E-state index in [0.29, 0.717) is 58.0 Å². The maximum absolute atomic E-state index is 16.0. The molecule has 2 fully saturated rings. The molecule has 0 aliphatic carbocycles. The summed E-state index contributed by atoms with van der Waals surface area (Å²) < 4.78 is 0. The number of carbonyl (C=O) groups excluding carboxylic acids is 11. The third-order valence-corrected chi connectivity index (χ3v) is 21.9. The standard InChI is InChI=1S/C85H113N27O11/c86-57(26-13-35-96-82(88)89)72(114)104-62(31-15-37-98-84(92)93)74(116)109-67(42-50-21-5-2-6-22-50)80(122)111-39-17-34-70(111)79(121)108-66(44-52-47-101-59-28-11-8-24-55(52)59)76(118)106-65(43-51-46-100-58-27-10-7-23-54(51)58)77(119)110-68(45-53-48-102-60-29-12-9-25-56(53)60)81(123)112-40-18-33-69(112)78(120)107-64(41-49-19-3-1-4-20-49)75(117)105-63(32-16-38-99-85(94)95)73(115)103-61(71(87)113)30-14-36-97-83(90)91/h1-12,19-25,27-29,46-48,57,61-70,100-102H,13-18,26,30-45,86H2,(H2,87,113)(H,103,115)(H,104,114)(H,105,117)(H,106,118)(H,107,120)(H,108,121)(H,109,116)(H,110,119)(H4,88,89,96)(H4,90,91,97)(H4,92,93,98)(H4,94,95,99)/t57-,61-,62-,63-,64-,65-,66-,67-,68-,69-,70-/m0/s1. The van der Waals surface area contributed by atoms with Gasteiger partial charge in [0.05, 0.1) is 6.04 Å². The first-order valence-corrected chi connectivity index (χ1v) is 41.3. The van der Waals surface area contributed by atoms with E-state index in [1.54, 1.807) is 79.3 Å². The van der Waals surface area contributed by atoms with Crippen LogP contribution in [-0.4, -0.2) is 219 Å². The number of primary amides is 1. The Morgan fingerprint density at radius 1 is 0.350 bits per heavy atom. The van der Waals surface area contributed by atoms with E-state index in [1.165, 1.54) is 9.80 Å². The summed E-state index contributed by atoms with van der Waals surface area (Å²) in [5.74, 6) is -9.51. The number of nitrogens with two attached hydrogens (primary N) is 6. The molecule has 5 heterocycles. The maximum atomic E-state index is 16.0. The monoisotopic (exact) mass is 1690 g/mol. The van der Waals surface area contributed by atoms with Crippen molar-refractivity contribution in [2.24, 2.45) is 34.4 Å². The first-order chi connectivity index (χ1) is 59.2. The van der Waals surface area contributed by atoms with Crippen molar-refractivity contribution in [3.05, 3.63) is 180 Å². The number of nitrogens with one attached hydrogen (secondary N) is 19. The van der Waals surface area contributed by atoms with Gasteiger partial charge in [0.15, 0.2) is 23.8 Å². The largest absolute Gasteiger partial charge is 0.370 e. The smallest absolute Gasteiger partial charge is 0.246 e. The predicted octanol–water partition coefficient (Wildman–Crippen LogP) is -0.630. The average Bonchev–Trinajstić information content (AvgIpc) is 1.69. The lowest BCUT2D eigenvalue weighted by Crippen LogP contribution is -2.61. The molecule has 11 atom stereocenters. The molecule has 10 rings (SSSR count). The van der Waals surface area contributed by atoms with Crippen molar-refractivity contribution in [1.82, 2.24) is 88.6 Å². The molecule has 0 spiro atoms. The third kappa shape index (κ3) is 26.5. The van der Waals surface area contributed by atoms with E-state index in [2.05, 4.69) is 78.8 Å². The molecule has 5 aromatic carbocycles. The number of fused-ring (bicyclic) bond motifs is 3. The van der Waals surface area contributed by atoms with Gasteiger partial charge in [-0.25, -0.2) is 0 Å². The summed E-state index contributed by atoms with van der Waals surface area (Å²) in [7, 11) is 0. The Labute approximate surface area is 710 Å². The topological polar surface area (TPSA) is 637 Å². The summed E-state index contributed by atoms with van der Waals surface area (Å²) in [6, 6.07) is 25.1. The fourth-order valence-electron chi connectivity index (χ4n) is 15.6. The van der Waals surface area contributed by atoms with E-state index in [9.17, 15) is 24.0 Å². The summed E-state index contributed by atoms with van der Waals surface area (Å²) in [5, 5.41) is 66.1. The number of rotatable bonds is 45. The number of hydrogen-bond acceptors (Lipinski definition) is 16. The fraction of sp³-hybridized carbons (Fsp3) is 0.400. The Morgan fingerprint density at radius 3 is 1.03 bits per heavy atom. The van der Waals surface area contributed by atoms with Gasteiger partial charge in [0, 0.05) is 123 Å². The van der Waals surface area contributed by atoms with Crippen molar-refractivity contribution in [1.29, 1.82) is 21.6 Å². The number of benzene rings is 5. The van der Waals surface area contributed by atoms with E-state index in [4.69, 9.17) is 56.0 Å². The molecule has 2 aliphatic rings. The number of likely N-dealkylation sites (tertiary alicyclic amines) is 2. The minimum Gasteiger partial charge on any atom is -0.370 e. The van der Waals surface area contributed by atoms with Crippen LogP contribution in [0, 0.1) is 21.6 Å². The predicted molar refractivity (Wildman–Crippen MR) is 465 cm³/mol. The highest BCUT2D eigenvalue weighted by atomic mass is 16.2. The Balaban J connectivity index is 0.933. The molecule has 0 saturated carbocycles. The van der Waals surface area contributed by atoms with Crippen LogP contribution < -0.4 is 98.2 Å². The molecule has 31 N–H and O–H groups in total. The van der Waals surface area contributed by atoms with Crippen molar-refractivity contribution in [2.45, 2.75) is 176 Å². The van der Waals surface area contributed by atoms with Crippen LogP contribution in [0.5, 0.6) is 0 Å². The highest BCUT2D eigenvalue weighted by molar-refractivity contribution is 6.01. The molecular formula is C85H113N27O11. The Morgan fingerprint density at radius 2 is 0.642 bits per heavy atom. The van der Waals surface area contributed by atoms with Gasteiger partial charge in [0.2, 0.25) is 65.0 Å². The Hall–Kier alpha value is -14.1. The number of guanidine groups is 4. The zero-order valence-electron chi connectivity index (χ0n) is 68.4. The Kier molecular flexibility index (Phi) is 33.2. The minimum atomic E-state index is -1.52. The second-order valence-electron chi connectivity index (χ2n) is 30.9. The zero-order chi connectivity index (χ0) is 88.1. The summed E-state index contributed by atoms with van der Waals surface area (Å²) in [6.45, 7) is 0.805. The van der Waals surface area contributed by atoms with Crippen LogP contribution in [0.1, 0.15) is 105 Å². The van der Waals surface area contributed by atoms with E-state index in [0.717, 1.165) is 21.8 Å². The second-order valence-corrected chi connectivity index (χ2v) is 30.9. The van der Waals surface area contributed by atoms with Gasteiger partial charge >= 0.3 is 0 Å². The van der Waals surface area contributed by atoms with Gasteiger partial charge in [0.25, 0.3) is 0 Å². The van der Waals surface area contributed by atoms with Crippen LogP contribution in [0.25, 0.3) is 32.7 Å². The molecule has 38 nitrogen and oxygen atoms in total. The van der Waals surface area contributed by atoms with Crippen LogP contribution in [0.3, 0.4) is 0 Å². The first kappa shape index (κ1) is 91.2. The maximum Gasteiger partial charge on any atom is 0.246 e. The third-order valence-electron chi connectivity index (χ3n) is 21.9. The molecule has 3 aromatic heterocycles. The average molecular weight is 1690 g/mol. The molecular weight excluding hydrogens is 1580 g/mol. The fourth-order valence-corrected chi connectivity index (χ4v) is 15.6. The van der Waals surface area contributed by atoms with Crippen LogP contribution in [0.15, 0.2) is 152 Å². The minimum absolute atomic E-state index is 0.0162. The quantitative estimate of drug-likeness (QED) is 0.0128. The van der Waals surface area contributed by atoms with Crippen molar-refractivity contribution >= 4 is 122 Å². The lowest BCUT2D eigenvalue weighted by molar-refractivity contribution is -0.143. The van der Waals surface area contributed by atoms with Crippen LogP contribution in [-0.2, 0) is 84.8 Å². The SMILES string of the molecule is N=C(N)NCCC[C@H](NC(=O)[C@H](CCCNC(=N)N)NC(=O)[C@H](Cc1ccccc1)NC(=O)[C@@H]1CCCN1C(=O)[C@H](Cc1c[nH]c2ccccc12)NC(=O)[C@H](Cc1c[nH]c2ccccc12)NC(=O)[C@H](Cc1c[nH]c2ccccc12)NC(=O)[C@@H]1CCCN1C(=O)[C@H](Cc1ccccc1)NC(=O)[C@H](CCCNC(=N)N)NC(=O)[C@@H](N)CCCNC(=N)N)C(N)=O. The molecule has 2 aliphatic heterocycles. The van der Waals surface area contributed by atoms with E-state index in [1.807, 2.05) is 72.8 Å². The first-order valence-electron chi connectivity index (χ1n) is 41.3. The van der Waals surface area contributed by atoms with Crippen molar-refractivity contribution in [3.8, 4) is 0 Å². The normalized spacial score (nSPS) is 15.9. The van der Waals surface area contributed by atoms with E-state index < -0.39 is 131 Å². The number of amides is 11. The molecule has 0 unspecified atom stereocenters. The number of hydrogen-bond donors (Lipinski definition) is 25. The van der Waals surface area contributed by atoms with Gasteiger partial charge < -0.3 is 123 Å². The summed E-state index contributed by atoms with van der Waals surface area (Å²) in [5.41, 5.74) is 39.3. The van der Waals surface area contributed by atoms with E-state index >= 15 is 28.8 Å². The highest BCUT2D eigenvalue weighted by Crippen LogP contribution is 2.28. The number of aromatic nitrogens is 3. The Bertz CT molecular complexity index is 5050. The number of nitrogens with zero attached hydrogens (tertiary/aromatic N) is 2. The molecule has 0 bridgehead atoms. The second kappa shape index (κ2) is 44.8. The van der Waals surface area contributed by atoms with Crippen LogP contribution >= 0.6 is 0 Å². The van der Waals surface area contributed by atoms with Gasteiger partial charge in [-0.1, -0.05) is 115 Å². The number of aromatic amines is 3. The molecule has 123 heavy (non-hydrogen) atoms. The van der Waals surface area contributed by atoms with Gasteiger partial charge in [-0.2, -0.15) is 0 Å². The lowest BCUT2D eigenvalue weighted by Gasteiger charge is -2.32. The molecule has 2 saturated heterocycles. The van der Waals surface area contributed by atoms with Gasteiger partial charge in [-0.15, -0.1) is 0 Å². The summed E-state index contributed by atoms with van der Waals surface area (Å²) in [6.07, 6.45) is 6.58. The highest BCUT2D eigenvalue weighted by Gasteiger charge is 2.44.